The van der Waals surface area contributed by atoms with Gasteiger partial charge in [0.15, 0.2) is 0 Å². The van der Waals surface area contributed by atoms with Crippen molar-refractivity contribution in [3.8, 4) is 22.9 Å². The van der Waals surface area contributed by atoms with Gasteiger partial charge in [-0.15, -0.1) is 0 Å². The van der Waals surface area contributed by atoms with Gasteiger partial charge in [-0.25, -0.2) is 0 Å². The average Bonchev–Trinajstić information content (AvgIpc) is 2.47. The minimum atomic E-state index is -0.212. The van der Waals surface area contributed by atoms with Crippen LogP contribution in [-0.2, 0) is 4.79 Å². The molecule has 0 aliphatic rings. The highest BCUT2D eigenvalue weighted by Gasteiger charge is 2.07. The van der Waals surface area contributed by atoms with Crippen LogP contribution in [0.15, 0.2) is 48.5 Å². The Hall–Kier alpha value is -2.60. The van der Waals surface area contributed by atoms with Gasteiger partial charge in [-0.2, -0.15) is 5.26 Å². The Morgan fingerprint density at radius 1 is 1.05 bits per heavy atom. The summed E-state index contributed by atoms with van der Waals surface area (Å²) in [5.41, 5.74) is 2.68. The van der Waals surface area contributed by atoms with Crippen molar-refractivity contribution in [2.45, 2.75) is 20.3 Å². The molecule has 0 unspecified atom stereocenters. The van der Waals surface area contributed by atoms with Gasteiger partial charge in [0, 0.05) is 6.42 Å². The van der Waals surface area contributed by atoms with E-state index in [1.165, 1.54) is 0 Å². The van der Waals surface area contributed by atoms with Crippen LogP contribution in [0.2, 0.25) is 0 Å². The van der Waals surface area contributed by atoms with Gasteiger partial charge in [0.2, 0.25) is 0 Å². The van der Waals surface area contributed by atoms with Crippen LogP contribution in [0.25, 0.3) is 11.1 Å². The molecule has 0 spiro atoms. The second kappa shape index (κ2) is 6.71. The number of esters is 1. The van der Waals surface area contributed by atoms with Crippen molar-refractivity contribution in [1.82, 2.24) is 0 Å². The fraction of sp³-hybridized carbons (Fsp3) is 0.222. The van der Waals surface area contributed by atoms with Crippen LogP contribution in [0.5, 0.6) is 5.75 Å². The zero-order chi connectivity index (χ0) is 15.2. The summed E-state index contributed by atoms with van der Waals surface area (Å²) in [7, 11) is 0. The molecule has 106 valence electrons. The third-order valence-electron chi connectivity index (χ3n) is 3.01. The molecule has 0 fully saturated rings. The van der Waals surface area contributed by atoms with Crippen molar-refractivity contribution in [2.75, 3.05) is 0 Å². The topological polar surface area (TPSA) is 50.1 Å². The van der Waals surface area contributed by atoms with Crippen molar-refractivity contribution in [2.24, 2.45) is 5.92 Å². The number of hydrogen-bond donors (Lipinski definition) is 0. The minimum absolute atomic E-state index is 0.212. The summed E-state index contributed by atoms with van der Waals surface area (Å²) < 4.78 is 5.27. The summed E-state index contributed by atoms with van der Waals surface area (Å²) in [6, 6.07) is 16.8. The Morgan fingerprint density at radius 2 is 1.57 bits per heavy atom. The molecule has 0 atom stereocenters. The maximum atomic E-state index is 11.6. The predicted molar refractivity (Wildman–Crippen MR) is 81.7 cm³/mol. The van der Waals surface area contributed by atoms with Gasteiger partial charge in [-0.05, 0) is 41.3 Å². The zero-order valence-electron chi connectivity index (χ0n) is 12.2. The van der Waals surface area contributed by atoms with Crippen molar-refractivity contribution >= 4 is 5.97 Å². The zero-order valence-corrected chi connectivity index (χ0v) is 12.2. The van der Waals surface area contributed by atoms with Crippen LogP contribution in [0, 0.1) is 17.2 Å². The molecule has 0 heterocycles. The minimum Gasteiger partial charge on any atom is -0.427 e. The molecule has 0 N–H and O–H groups in total. The SMILES string of the molecule is CC(C)CC(=O)Oc1ccc(-c2ccc(C#N)cc2)cc1. The lowest BCUT2D eigenvalue weighted by Crippen LogP contribution is -2.10. The number of hydrogen-bond acceptors (Lipinski definition) is 3. The van der Waals surface area contributed by atoms with Crippen molar-refractivity contribution in [1.29, 1.82) is 5.26 Å². The standard InChI is InChI=1S/C18H17NO2/c1-13(2)11-18(20)21-17-9-7-16(8-10-17)15-5-3-14(12-19)4-6-15/h3-10,13H,11H2,1-2H3. The average molecular weight is 279 g/mol. The number of carbonyl (C=O) groups is 1. The first-order valence-corrected chi connectivity index (χ1v) is 6.90. The van der Waals surface area contributed by atoms with E-state index >= 15 is 0 Å². The van der Waals surface area contributed by atoms with E-state index in [-0.39, 0.29) is 11.9 Å². The summed E-state index contributed by atoms with van der Waals surface area (Å²) in [5, 5.41) is 8.78. The number of nitrogens with zero attached hydrogens (tertiary/aromatic N) is 1. The number of nitriles is 1. The molecule has 3 heteroatoms. The number of benzene rings is 2. The van der Waals surface area contributed by atoms with Crippen molar-refractivity contribution in [3.63, 3.8) is 0 Å². The fourth-order valence-electron chi connectivity index (χ4n) is 1.96. The van der Waals surface area contributed by atoms with Crippen molar-refractivity contribution in [3.05, 3.63) is 54.1 Å². The molecule has 2 aromatic rings. The highest BCUT2D eigenvalue weighted by molar-refractivity contribution is 5.73. The van der Waals surface area contributed by atoms with E-state index in [1.807, 2.05) is 38.1 Å². The molecule has 3 nitrogen and oxygen atoms in total. The molecule has 2 aromatic carbocycles. The van der Waals surface area contributed by atoms with E-state index in [0.717, 1.165) is 11.1 Å². The molecule has 0 aromatic heterocycles. The lowest BCUT2D eigenvalue weighted by atomic mass is 10.0. The lowest BCUT2D eigenvalue weighted by molar-refractivity contribution is -0.135. The monoisotopic (exact) mass is 279 g/mol. The first-order valence-electron chi connectivity index (χ1n) is 6.90. The quantitative estimate of drug-likeness (QED) is 0.623. The van der Waals surface area contributed by atoms with Crippen molar-refractivity contribution < 1.29 is 9.53 Å². The first kappa shape index (κ1) is 14.8. The first-order chi connectivity index (χ1) is 10.1. The number of carbonyl (C=O) groups excluding carboxylic acids is 1. The van der Waals surface area contributed by atoms with E-state index in [2.05, 4.69) is 6.07 Å². The van der Waals surface area contributed by atoms with E-state index in [1.54, 1.807) is 24.3 Å². The molecular formula is C18H17NO2. The second-order valence-corrected chi connectivity index (χ2v) is 5.29. The van der Waals surface area contributed by atoms with Crippen LogP contribution in [0.3, 0.4) is 0 Å². The summed E-state index contributed by atoms with van der Waals surface area (Å²) in [4.78, 5) is 11.6. The van der Waals surface area contributed by atoms with E-state index in [0.29, 0.717) is 17.7 Å². The van der Waals surface area contributed by atoms with E-state index < -0.39 is 0 Å². The van der Waals surface area contributed by atoms with Gasteiger partial charge in [-0.3, -0.25) is 4.79 Å². The Bertz CT molecular complexity index is 649. The molecule has 0 saturated heterocycles. The summed E-state index contributed by atoms with van der Waals surface area (Å²) >= 11 is 0. The predicted octanol–water partition coefficient (Wildman–Crippen LogP) is 4.18. The number of ether oxygens (including phenoxy) is 1. The Morgan fingerprint density at radius 3 is 2.05 bits per heavy atom. The van der Waals surface area contributed by atoms with E-state index in [4.69, 9.17) is 10.00 Å². The fourth-order valence-corrected chi connectivity index (χ4v) is 1.96. The second-order valence-electron chi connectivity index (χ2n) is 5.29. The normalized spacial score (nSPS) is 10.2. The van der Waals surface area contributed by atoms with Gasteiger partial charge in [0.05, 0.1) is 11.6 Å². The van der Waals surface area contributed by atoms with Gasteiger partial charge in [0.25, 0.3) is 0 Å². The Labute approximate surface area is 124 Å². The molecular weight excluding hydrogens is 262 g/mol. The highest BCUT2D eigenvalue weighted by Crippen LogP contribution is 2.23. The molecule has 0 aliphatic heterocycles. The van der Waals surface area contributed by atoms with Gasteiger partial charge >= 0.3 is 5.97 Å². The van der Waals surface area contributed by atoms with Crippen LogP contribution >= 0.6 is 0 Å². The molecule has 2 rings (SSSR count). The Kier molecular flexibility index (Phi) is 4.73. The number of rotatable bonds is 4. The maximum Gasteiger partial charge on any atom is 0.311 e. The van der Waals surface area contributed by atoms with E-state index in [9.17, 15) is 4.79 Å². The summed E-state index contributed by atoms with van der Waals surface area (Å²) in [6.45, 7) is 3.96. The van der Waals surface area contributed by atoms with Crippen LogP contribution in [0.4, 0.5) is 0 Å². The molecule has 0 bridgehead atoms. The molecule has 0 radical (unpaired) electrons. The van der Waals surface area contributed by atoms with Crippen LogP contribution in [-0.4, -0.2) is 5.97 Å². The highest BCUT2D eigenvalue weighted by atomic mass is 16.5. The molecule has 0 amide bonds. The third kappa shape index (κ3) is 4.19. The largest absolute Gasteiger partial charge is 0.427 e. The van der Waals surface area contributed by atoms with Gasteiger partial charge in [0.1, 0.15) is 5.75 Å². The van der Waals surface area contributed by atoms with Gasteiger partial charge in [-0.1, -0.05) is 38.1 Å². The molecule has 0 aliphatic carbocycles. The summed E-state index contributed by atoms with van der Waals surface area (Å²) in [6.07, 6.45) is 0.414. The Balaban J connectivity index is 2.08. The van der Waals surface area contributed by atoms with Gasteiger partial charge < -0.3 is 4.74 Å². The molecule has 21 heavy (non-hydrogen) atoms. The third-order valence-corrected chi connectivity index (χ3v) is 3.01. The smallest absolute Gasteiger partial charge is 0.311 e. The molecule has 0 saturated carbocycles. The maximum absolute atomic E-state index is 11.6. The summed E-state index contributed by atoms with van der Waals surface area (Å²) in [5.74, 6) is 0.629. The lowest BCUT2D eigenvalue weighted by Gasteiger charge is -2.07. The van der Waals surface area contributed by atoms with Crippen LogP contribution < -0.4 is 4.74 Å². The van der Waals surface area contributed by atoms with Crippen LogP contribution in [0.1, 0.15) is 25.8 Å².